The fraction of sp³-hybridized carbons (Fsp3) is 0.125. The second-order valence-electron chi connectivity index (χ2n) is 4.56. The van der Waals surface area contributed by atoms with E-state index in [9.17, 15) is 4.79 Å². The van der Waals surface area contributed by atoms with E-state index < -0.39 is 5.76 Å². The summed E-state index contributed by atoms with van der Waals surface area (Å²) in [7, 11) is 1.39. The molecule has 0 spiro atoms. The fourth-order valence-corrected chi connectivity index (χ4v) is 1.97. The molecule has 0 aliphatic heterocycles. The topological polar surface area (TPSA) is 66.5 Å². The third-order valence-electron chi connectivity index (χ3n) is 2.97. The van der Waals surface area contributed by atoms with Gasteiger partial charge in [-0.2, -0.15) is 4.68 Å². The maximum absolute atomic E-state index is 11.6. The van der Waals surface area contributed by atoms with Crippen LogP contribution in [0.25, 0.3) is 0 Å². The van der Waals surface area contributed by atoms with Crippen molar-refractivity contribution in [3.8, 4) is 17.6 Å². The van der Waals surface area contributed by atoms with Crippen molar-refractivity contribution in [1.82, 2.24) is 9.78 Å². The molecule has 6 heteroatoms. The van der Waals surface area contributed by atoms with Gasteiger partial charge in [0.2, 0.25) is 0 Å². The van der Waals surface area contributed by atoms with E-state index in [2.05, 4.69) is 5.10 Å². The smallest absolute Gasteiger partial charge is 0.439 e. The molecule has 0 fully saturated rings. The number of para-hydroxylation sites is 1. The van der Waals surface area contributed by atoms with Crippen LogP contribution in [0.3, 0.4) is 0 Å². The van der Waals surface area contributed by atoms with Gasteiger partial charge in [0, 0.05) is 0 Å². The first-order valence-corrected chi connectivity index (χ1v) is 6.68. The van der Waals surface area contributed by atoms with Gasteiger partial charge in [-0.05, 0) is 29.8 Å². The van der Waals surface area contributed by atoms with Crippen molar-refractivity contribution in [3.05, 3.63) is 70.7 Å². The Hall–Kier alpha value is -3.02. The van der Waals surface area contributed by atoms with Crippen molar-refractivity contribution in [2.75, 3.05) is 7.11 Å². The molecule has 3 aromatic rings. The summed E-state index contributed by atoms with van der Waals surface area (Å²) in [6, 6.07) is 16.9. The highest BCUT2D eigenvalue weighted by molar-refractivity contribution is 5.33. The molecule has 3 rings (SSSR count). The van der Waals surface area contributed by atoms with Gasteiger partial charge in [-0.3, -0.25) is 0 Å². The minimum Gasteiger partial charge on any atom is -0.457 e. The first kappa shape index (κ1) is 13.9. The second-order valence-corrected chi connectivity index (χ2v) is 4.56. The Kier molecular flexibility index (Phi) is 3.91. The van der Waals surface area contributed by atoms with Crippen LogP contribution in [0, 0.1) is 0 Å². The predicted octanol–water partition coefficient (Wildman–Crippen LogP) is 2.69. The van der Waals surface area contributed by atoms with E-state index in [0.29, 0.717) is 5.75 Å². The normalized spacial score (nSPS) is 10.4. The summed E-state index contributed by atoms with van der Waals surface area (Å²) in [5.74, 6) is 0.873. The molecule has 0 saturated carbocycles. The van der Waals surface area contributed by atoms with E-state index in [1.165, 1.54) is 11.8 Å². The van der Waals surface area contributed by atoms with Crippen LogP contribution in [0.1, 0.15) is 5.56 Å². The molecule has 0 unspecified atom stereocenters. The van der Waals surface area contributed by atoms with Gasteiger partial charge >= 0.3 is 11.8 Å². The average molecular weight is 298 g/mol. The van der Waals surface area contributed by atoms with Gasteiger partial charge in [-0.1, -0.05) is 35.4 Å². The predicted molar refractivity (Wildman–Crippen MR) is 79.4 cm³/mol. The lowest BCUT2D eigenvalue weighted by Crippen LogP contribution is -2.16. The highest BCUT2D eigenvalue weighted by Crippen LogP contribution is 2.22. The van der Waals surface area contributed by atoms with Crippen molar-refractivity contribution in [3.63, 3.8) is 0 Å². The van der Waals surface area contributed by atoms with E-state index in [1.807, 2.05) is 54.6 Å². The Morgan fingerprint density at radius 3 is 2.59 bits per heavy atom. The molecule has 6 nitrogen and oxygen atoms in total. The number of nitrogens with zero attached hydrogens (tertiary/aromatic N) is 2. The first-order chi connectivity index (χ1) is 10.7. The summed E-state index contributed by atoms with van der Waals surface area (Å²) in [6.07, 6.45) is -0.0540. The molecule has 0 aliphatic carbocycles. The van der Waals surface area contributed by atoms with Gasteiger partial charge in [0.05, 0.1) is 13.7 Å². The number of hydrogen-bond donors (Lipinski definition) is 0. The summed E-state index contributed by atoms with van der Waals surface area (Å²) in [5, 5.41) is 3.91. The van der Waals surface area contributed by atoms with E-state index in [-0.39, 0.29) is 12.6 Å². The molecule has 0 saturated heterocycles. The van der Waals surface area contributed by atoms with Crippen molar-refractivity contribution in [2.24, 2.45) is 0 Å². The zero-order valence-electron chi connectivity index (χ0n) is 11.9. The zero-order chi connectivity index (χ0) is 15.4. The third kappa shape index (κ3) is 3.17. The zero-order valence-corrected chi connectivity index (χ0v) is 11.9. The number of rotatable bonds is 5. The van der Waals surface area contributed by atoms with Crippen LogP contribution in [-0.2, 0) is 6.54 Å². The standard InChI is InChI=1S/C16H14N2O4/c1-20-15-17-18(16(19)22-15)11-12-6-5-9-14(10-12)21-13-7-3-2-4-8-13/h2-10H,11H2,1H3. The van der Waals surface area contributed by atoms with Gasteiger partial charge in [0.15, 0.2) is 0 Å². The Bertz CT molecular complexity index is 808. The van der Waals surface area contributed by atoms with Crippen LogP contribution in [0.5, 0.6) is 17.6 Å². The van der Waals surface area contributed by atoms with Crippen LogP contribution in [0.4, 0.5) is 0 Å². The lowest BCUT2D eigenvalue weighted by atomic mass is 10.2. The molecular weight excluding hydrogens is 284 g/mol. The highest BCUT2D eigenvalue weighted by Gasteiger charge is 2.09. The minimum absolute atomic E-state index is 0.0540. The third-order valence-corrected chi connectivity index (χ3v) is 2.97. The molecule has 0 aliphatic rings. The van der Waals surface area contributed by atoms with Gasteiger partial charge in [0.1, 0.15) is 11.5 Å². The molecule has 2 aromatic carbocycles. The summed E-state index contributed by atoms with van der Waals surface area (Å²) in [5.41, 5.74) is 0.867. The fourth-order valence-electron chi connectivity index (χ4n) is 1.97. The van der Waals surface area contributed by atoms with Gasteiger partial charge in [0.25, 0.3) is 0 Å². The average Bonchev–Trinajstić information content (AvgIpc) is 2.89. The van der Waals surface area contributed by atoms with Crippen LogP contribution < -0.4 is 15.2 Å². The summed E-state index contributed by atoms with van der Waals surface area (Å²) >= 11 is 0. The maximum Gasteiger partial charge on any atom is 0.439 e. The summed E-state index contributed by atoms with van der Waals surface area (Å²) < 4.78 is 16.5. The molecule has 112 valence electrons. The highest BCUT2D eigenvalue weighted by atomic mass is 16.6. The van der Waals surface area contributed by atoms with Crippen molar-refractivity contribution in [2.45, 2.75) is 6.54 Å². The second kappa shape index (κ2) is 6.17. The Balaban J connectivity index is 1.79. The number of ether oxygens (including phenoxy) is 2. The SMILES string of the molecule is COc1nn(Cc2cccc(Oc3ccccc3)c2)c(=O)o1. The Morgan fingerprint density at radius 1 is 1.09 bits per heavy atom. The summed E-state index contributed by atoms with van der Waals surface area (Å²) in [4.78, 5) is 11.6. The quantitative estimate of drug-likeness (QED) is 0.724. The lowest BCUT2D eigenvalue weighted by Gasteiger charge is -2.07. The molecular formula is C16H14N2O4. The van der Waals surface area contributed by atoms with Crippen molar-refractivity contribution in [1.29, 1.82) is 0 Å². The van der Waals surface area contributed by atoms with Crippen LogP contribution in [0.15, 0.2) is 63.8 Å². The molecule has 0 radical (unpaired) electrons. The molecule has 22 heavy (non-hydrogen) atoms. The molecule has 0 N–H and O–H groups in total. The van der Waals surface area contributed by atoms with Gasteiger partial charge < -0.3 is 13.9 Å². The molecule has 0 bridgehead atoms. The van der Waals surface area contributed by atoms with Crippen LogP contribution in [-0.4, -0.2) is 16.9 Å². The molecule has 0 amide bonds. The minimum atomic E-state index is -0.564. The van der Waals surface area contributed by atoms with Crippen molar-refractivity contribution >= 4 is 0 Å². The number of hydrogen-bond acceptors (Lipinski definition) is 5. The number of benzene rings is 2. The van der Waals surface area contributed by atoms with Crippen molar-refractivity contribution < 1.29 is 13.9 Å². The number of methoxy groups -OCH3 is 1. The molecule has 1 aromatic heterocycles. The van der Waals surface area contributed by atoms with Crippen LogP contribution >= 0.6 is 0 Å². The molecule has 1 heterocycles. The van der Waals surface area contributed by atoms with E-state index in [4.69, 9.17) is 13.9 Å². The molecule has 0 atom stereocenters. The lowest BCUT2D eigenvalue weighted by molar-refractivity contribution is 0.282. The van der Waals surface area contributed by atoms with E-state index >= 15 is 0 Å². The van der Waals surface area contributed by atoms with Crippen LogP contribution in [0.2, 0.25) is 0 Å². The van der Waals surface area contributed by atoms with Gasteiger partial charge in [-0.15, -0.1) is 0 Å². The Labute approximate surface area is 126 Å². The first-order valence-electron chi connectivity index (χ1n) is 6.68. The van der Waals surface area contributed by atoms with Gasteiger partial charge in [-0.25, -0.2) is 4.79 Å². The van der Waals surface area contributed by atoms with E-state index in [1.54, 1.807) is 0 Å². The summed E-state index contributed by atoms with van der Waals surface area (Å²) in [6.45, 7) is 0.275. The largest absolute Gasteiger partial charge is 0.457 e. The van der Waals surface area contributed by atoms with E-state index in [0.717, 1.165) is 11.3 Å². The Morgan fingerprint density at radius 2 is 1.86 bits per heavy atom. The maximum atomic E-state index is 11.6. The number of aromatic nitrogens is 2. The monoisotopic (exact) mass is 298 g/mol.